The summed E-state index contributed by atoms with van der Waals surface area (Å²) in [5.74, 6) is 0.869. The molecule has 2 aromatic rings. The molecule has 1 aliphatic rings. The van der Waals surface area contributed by atoms with Crippen LogP contribution in [0.25, 0.3) is 6.08 Å². The SMILES string of the molecule is O=C(C=Cc1ccc2c(c1)OCO2)Nc1ccc([N+](=O)[O-])cc1Cl. The lowest BCUT2D eigenvalue weighted by molar-refractivity contribution is -0.384. The van der Waals surface area contributed by atoms with Crippen LogP contribution in [0, 0.1) is 10.1 Å². The molecular weight excluding hydrogens is 336 g/mol. The minimum absolute atomic E-state index is 0.0917. The maximum Gasteiger partial charge on any atom is 0.271 e. The third kappa shape index (κ3) is 3.47. The van der Waals surface area contributed by atoms with E-state index in [1.807, 2.05) is 0 Å². The summed E-state index contributed by atoms with van der Waals surface area (Å²) in [7, 11) is 0. The van der Waals surface area contributed by atoms with E-state index in [0.29, 0.717) is 17.2 Å². The van der Waals surface area contributed by atoms with Crippen LogP contribution in [0.15, 0.2) is 42.5 Å². The highest BCUT2D eigenvalue weighted by molar-refractivity contribution is 6.34. The molecule has 0 saturated carbocycles. The van der Waals surface area contributed by atoms with Gasteiger partial charge in [0.1, 0.15) is 0 Å². The smallest absolute Gasteiger partial charge is 0.271 e. The van der Waals surface area contributed by atoms with Gasteiger partial charge in [0.25, 0.3) is 5.69 Å². The molecule has 122 valence electrons. The second-order valence-electron chi connectivity index (χ2n) is 4.86. The van der Waals surface area contributed by atoms with Gasteiger partial charge in [-0.3, -0.25) is 14.9 Å². The molecule has 24 heavy (non-hydrogen) atoms. The number of hydrogen-bond acceptors (Lipinski definition) is 5. The van der Waals surface area contributed by atoms with E-state index < -0.39 is 10.8 Å². The molecule has 0 aliphatic carbocycles. The van der Waals surface area contributed by atoms with Gasteiger partial charge < -0.3 is 14.8 Å². The van der Waals surface area contributed by atoms with Gasteiger partial charge in [0.15, 0.2) is 11.5 Å². The Balaban J connectivity index is 1.68. The topological polar surface area (TPSA) is 90.7 Å². The quantitative estimate of drug-likeness (QED) is 0.518. The van der Waals surface area contributed by atoms with Crippen LogP contribution in [-0.2, 0) is 4.79 Å². The molecule has 0 bridgehead atoms. The van der Waals surface area contributed by atoms with Gasteiger partial charge in [0, 0.05) is 18.2 Å². The van der Waals surface area contributed by atoms with Crippen molar-refractivity contribution in [3.05, 3.63) is 63.2 Å². The minimum atomic E-state index is -0.559. The highest BCUT2D eigenvalue weighted by atomic mass is 35.5. The number of ether oxygens (including phenoxy) is 2. The fraction of sp³-hybridized carbons (Fsp3) is 0.0625. The Morgan fingerprint density at radius 3 is 2.75 bits per heavy atom. The second-order valence-corrected chi connectivity index (χ2v) is 5.26. The predicted molar refractivity (Wildman–Crippen MR) is 88.3 cm³/mol. The van der Waals surface area contributed by atoms with Crippen LogP contribution in [0.5, 0.6) is 11.5 Å². The van der Waals surface area contributed by atoms with Gasteiger partial charge in [-0.05, 0) is 29.8 Å². The zero-order valence-electron chi connectivity index (χ0n) is 12.2. The van der Waals surface area contributed by atoms with E-state index in [0.717, 1.165) is 5.56 Å². The number of rotatable bonds is 4. The van der Waals surface area contributed by atoms with Gasteiger partial charge in [0.2, 0.25) is 12.7 Å². The van der Waals surface area contributed by atoms with E-state index in [-0.39, 0.29) is 17.5 Å². The zero-order chi connectivity index (χ0) is 17.1. The number of nitrogens with one attached hydrogen (secondary N) is 1. The zero-order valence-corrected chi connectivity index (χ0v) is 12.9. The number of non-ortho nitro benzene ring substituents is 1. The van der Waals surface area contributed by atoms with E-state index in [4.69, 9.17) is 21.1 Å². The Labute approximate surface area is 141 Å². The van der Waals surface area contributed by atoms with Crippen LogP contribution >= 0.6 is 11.6 Å². The first-order valence-corrected chi connectivity index (χ1v) is 7.23. The first-order chi connectivity index (χ1) is 11.5. The van der Waals surface area contributed by atoms with Crippen molar-refractivity contribution in [3.8, 4) is 11.5 Å². The van der Waals surface area contributed by atoms with Crippen LogP contribution in [0.1, 0.15) is 5.56 Å². The van der Waals surface area contributed by atoms with Crippen molar-refractivity contribution in [2.24, 2.45) is 0 Å². The second kappa shape index (κ2) is 6.59. The molecule has 2 aromatic carbocycles. The fourth-order valence-corrected chi connectivity index (χ4v) is 2.30. The lowest BCUT2D eigenvalue weighted by Crippen LogP contribution is -2.08. The van der Waals surface area contributed by atoms with Gasteiger partial charge in [0.05, 0.1) is 15.6 Å². The number of nitro benzene ring substituents is 1. The molecule has 7 nitrogen and oxygen atoms in total. The third-order valence-corrected chi connectivity index (χ3v) is 3.56. The first kappa shape index (κ1) is 15.8. The van der Waals surface area contributed by atoms with Crippen molar-refractivity contribution in [2.75, 3.05) is 12.1 Å². The van der Waals surface area contributed by atoms with Crippen LogP contribution < -0.4 is 14.8 Å². The Kier molecular flexibility index (Phi) is 4.35. The number of benzene rings is 2. The van der Waals surface area contributed by atoms with Crippen molar-refractivity contribution in [3.63, 3.8) is 0 Å². The molecule has 0 atom stereocenters. The monoisotopic (exact) mass is 346 g/mol. The standard InChI is InChI=1S/C16H11ClN2O5/c17-12-8-11(19(21)22)3-4-13(12)18-16(20)6-2-10-1-5-14-15(7-10)24-9-23-14/h1-8H,9H2,(H,18,20). The van der Waals surface area contributed by atoms with Crippen molar-refractivity contribution < 1.29 is 19.2 Å². The number of carbonyl (C=O) groups is 1. The number of nitrogens with zero attached hydrogens (tertiary/aromatic N) is 1. The largest absolute Gasteiger partial charge is 0.454 e. The normalized spacial score (nSPS) is 12.4. The Bertz CT molecular complexity index is 850. The molecule has 0 saturated heterocycles. The molecule has 1 N–H and O–H groups in total. The van der Waals surface area contributed by atoms with Gasteiger partial charge in [-0.2, -0.15) is 0 Å². The summed E-state index contributed by atoms with van der Waals surface area (Å²) in [5, 5.41) is 13.3. The number of halogens is 1. The highest BCUT2D eigenvalue weighted by Crippen LogP contribution is 2.32. The molecule has 0 fully saturated rings. The van der Waals surface area contributed by atoms with Crippen molar-refractivity contribution in [2.45, 2.75) is 0 Å². The molecule has 1 aliphatic heterocycles. The summed E-state index contributed by atoms with van der Waals surface area (Å²) in [6.45, 7) is 0.182. The Hall–Kier alpha value is -3.06. The summed E-state index contributed by atoms with van der Waals surface area (Å²) in [6.07, 6.45) is 2.94. The average Bonchev–Trinajstić information content (AvgIpc) is 3.02. The van der Waals surface area contributed by atoms with Gasteiger partial charge in [-0.15, -0.1) is 0 Å². The summed E-state index contributed by atoms with van der Waals surface area (Å²) in [4.78, 5) is 22.0. The average molecular weight is 347 g/mol. The van der Waals surface area contributed by atoms with E-state index in [1.165, 1.54) is 24.3 Å². The number of anilines is 1. The molecule has 1 heterocycles. The maximum absolute atomic E-state index is 11.9. The molecule has 0 spiro atoms. The first-order valence-electron chi connectivity index (χ1n) is 6.85. The van der Waals surface area contributed by atoms with E-state index in [9.17, 15) is 14.9 Å². The van der Waals surface area contributed by atoms with Gasteiger partial charge in [-0.1, -0.05) is 17.7 Å². The summed E-state index contributed by atoms with van der Waals surface area (Å²) in [5.41, 5.74) is 0.917. The maximum atomic E-state index is 11.9. The molecule has 1 amide bonds. The molecule has 3 rings (SSSR count). The van der Waals surface area contributed by atoms with Crippen LogP contribution in [-0.4, -0.2) is 17.6 Å². The lowest BCUT2D eigenvalue weighted by Gasteiger charge is -2.04. The van der Waals surface area contributed by atoms with Crippen molar-refractivity contribution in [1.82, 2.24) is 0 Å². The Morgan fingerprint density at radius 1 is 1.21 bits per heavy atom. The molecule has 0 radical (unpaired) electrons. The highest BCUT2D eigenvalue weighted by Gasteiger charge is 2.13. The molecular formula is C16H11ClN2O5. The van der Waals surface area contributed by atoms with Crippen LogP contribution in [0.2, 0.25) is 5.02 Å². The summed E-state index contributed by atoms with van der Waals surface area (Å²) in [6, 6.07) is 9.13. The van der Waals surface area contributed by atoms with Gasteiger partial charge in [-0.25, -0.2) is 0 Å². The fourth-order valence-electron chi connectivity index (χ4n) is 2.08. The molecule has 0 aromatic heterocycles. The number of carbonyl (C=O) groups excluding carboxylic acids is 1. The third-order valence-electron chi connectivity index (χ3n) is 3.25. The molecule has 8 heteroatoms. The number of hydrogen-bond donors (Lipinski definition) is 1. The van der Waals surface area contributed by atoms with Gasteiger partial charge >= 0.3 is 0 Å². The van der Waals surface area contributed by atoms with E-state index in [1.54, 1.807) is 24.3 Å². The summed E-state index contributed by atoms with van der Waals surface area (Å²) >= 11 is 5.92. The van der Waals surface area contributed by atoms with Crippen molar-refractivity contribution >= 4 is 35.0 Å². The predicted octanol–water partition coefficient (Wildman–Crippen LogP) is 3.63. The van der Waals surface area contributed by atoms with Crippen LogP contribution in [0.3, 0.4) is 0 Å². The lowest BCUT2D eigenvalue weighted by atomic mass is 10.2. The van der Waals surface area contributed by atoms with Crippen LogP contribution in [0.4, 0.5) is 11.4 Å². The minimum Gasteiger partial charge on any atom is -0.454 e. The van der Waals surface area contributed by atoms with E-state index in [2.05, 4.69) is 5.32 Å². The number of nitro groups is 1. The summed E-state index contributed by atoms with van der Waals surface area (Å²) < 4.78 is 10.5. The number of amides is 1. The van der Waals surface area contributed by atoms with Crippen molar-refractivity contribution in [1.29, 1.82) is 0 Å². The Morgan fingerprint density at radius 2 is 2.00 bits per heavy atom. The van der Waals surface area contributed by atoms with E-state index >= 15 is 0 Å². The number of fused-ring (bicyclic) bond motifs is 1. The molecule has 0 unspecified atom stereocenters.